The maximum absolute atomic E-state index is 12.6. The zero-order valence-electron chi connectivity index (χ0n) is 16.5. The number of ether oxygens (including phenoxy) is 1. The van der Waals surface area contributed by atoms with Gasteiger partial charge in [-0.1, -0.05) is 24.1 Å². The van der Waals surface area contributed by atoms with Crippen molar-refractivity contribution in [3.05, 3.63) is 35.2 Å². The molecule has 2 N–H and O–H groups in total. The molecule has 1 saturated heterocycles. The fourth-order valence-electron chi connectivity index (χ4n) is 3.54. The molecule has 150 valence electrons. The molecule has 1 aliphatic heterocycles. The highest BCUT2D eigenvalue weighted by atomic mass is 16.5. The van der Waals surface area contributed by atoms with Crippen LogP contribution < -0.4 is 5.32 Å². The minimum absolute atomic E-state index is 0.0624. The summed E-state index contributed by atoms with van der Waals surface area (Å²) in [6.45, 7) is 6.29. The van der Waals surface area contributed by atoms with Crippen LogP contribution in [0.2, 0.25) is 0 Å². The van der Waals surface area contributed by atoms with Gasteiger partial charge in [0.15, 0.2) is 11.4 Å². The van der Waals surface area contributed by atoms with Crippen LogP contribution in [-0.4, -0.2) is 53.1 Å². The molecular weight excluding hydrogens is 358 g/mol. The van der Waals surface area contributed by atoms with E-state index in [2.05, 4.69) is 15.2 Å². The van der Waals surface area contributed by atoms with Crippen LogP contribution in [0.15, 0.2) is 18.2 Å². The Morgan fingerprint density at radius 2 is 1.96 bits per heavy atom. The molecule has 1 aliphatic rings. The van der Waals surface area contributed by atoms with Gasteiger partial charge >= 0.3 is 5.97 Å². The minimum Gasteiger partial charge on any atom is -0.505 e. The van der Waals surface area contributed by atoms with E-state index in [4.69, 9.17) is 4.74 Å². The van der Waals surface area contributed by atoms with E-state index >= 15 is 0 Å². The monoisotopic (exact) mass is 385 g/mol. The molecule has 0 bridgehead atoms. The second-order valence-electron chi connectivity index (χ2n) is 7.13. The Balaban J connectivity index is 1.93. The molecule has 0 atom stereocenters. The molecule has 0 saturated carbocycles. The van der Waals surface area contributed by atoms with Gasteiger partial charge in [-0.15, -0.1) is 0 Å². The number of hydrogen-bond donors (Lipinski definition) is 2. The van der Waals surface area contributed by atoms with Gasteiger partial charge in [0.2, 0.25) is 0 Å². The first-order valence-electron chi connectivity index (χ1n) is 9.78. The summed E-state index contributed by atoms with van der Waals surface area (Å²) in [6.07, 6.45) is 3.55. The van der Waals surface area contributed by atoms with Gasteiger partial charge in [-0.05, 0) is 45.8 Å². The third-order valence-corrected chi connectivity index (χ3v) is 4.95. The van der Waals surface area contributed by atoms with Crippen molar-refractivity contribution < 1.29 is 19.4 Å². The summed E-state index contributed by atoms with van der Waals surface area (Å²) in [5, 5.41) is 14.6. The molecule has 0 unspecified atom stereocenters. The molecule has 2 heterocycles. The number of piperidine rings is 1. The van der Waals surface area contributed by atoms with Crippen molar-refractivity contribution in [1.29, 1.82) is 0 Å². The molecule has 7 nitrogen and oxygen atoms in total. The lowest BCUT2D eigenvalue weighted by molar-refractivity contribution is -0.141. The lowest BCUT2D eigenvalue weighted by atomic mass is 10.0. The first-order valence-corrected chi connectivity index (χ1v) is 9.78. The number of carbonyl (C=O) groups excluding carboxylic acids is 2. The molecule has 0 aliphatic carbocycles. The summed E-state index contributed by atoms with van der Waals surface area (Å²) in [4.78, 5) is 30.9. The first-order chi connectivity index (χ1) is 13.5. The van der Waals surface area contributed by atoms with Crippen molar-refractivity contribution in [2.24, 2.45) is 0 Å². The van der Waals surface area contributed by atoms with Gasteiger partial charge in [0, 0.05) is 17.3 Å². The van der Waals surface area contributed by atoms with E-state index in [0.29, 0.717) is 11.9 Å². The lowest BCUT2D eigenvalue weighted by Crippen LogP contribution is -2.32. The molecule has 1 fully saturated rings. The summed E-state index contributed by atoms with van der Waals surface area (Å²) >= 11 is 0. The van der Waals surface area contributed by atoms with Crippen LogP contribution in [0.1, 0.15) is 47.9 Å². The number of esters is 1. The fourth-order valence-corrected chi connectivity index (χ4v) is 3.54. The molecule has 3 rings (SSSR count). The molecule has 0 radical (unpaired) electrons. The van der Waals surface area contributed by atoms with Crippen LogP contribution in [0.5, 0.6) is 5.75 Å². The number of carbonyl (C=O) groups is 2. The van der Waals surface area contributed by atoms with Crippen molar-refractivity contribution in [2.75, 3.05) is 26.2 Å². The average Bonchev–Trinajstić information content (AvgIpc) is 2.69. The molecule has 28 heavy (non-hydrogen) atoms. The highest BCUT2D eigenvalue weighted by molar-refractivity contribution is 6.03. The standard InChI is InChI=1S/C21H27N3O4/c1-3-28-18(25)12-22-21(27)19-20(26)15-8-7-14(2)11-16(15)17(23-19)13-24-9-5-4-6-10-24/h7-8,11,26H,3-6,9-10,12-13H2,1-2H3,(H,22,27). The third kappa shape index (κ3) is 4.59. The summed E-state index contributed by atoms with van der Waals surface area (Å²) in [5.41, 5.74) is 1.76. The van der Waals surface area contributed by atoms with Crippen LogP contribution in [0.4, 0.5) is 0 Å². The zero-order valence-corrected chi connectivity index (χ0v) is 16.5. The minimum atomic E-state index is -0.590. The van der Waals surface area contributed by atoms with E-state index in [0.717, 1.165) is 42.6 Å². The van der Waals surface area contributed by atoms with Gasteiger partial charge in [0.1, 0.15) is 6.54 Å². The van der Waals surface area contributed by atoms with E-state index in [9.17, 15) is 14.7 Å². The SMILES string of the molecule is CCOC(=O)CNC(=O)c1nc(CN2CCCCC2)c2cc(C)ccc2c1O. The number of likely N-dealkylation sites (tertiary alicyclic amines) is 1. The summed E-state index contributed by atoms with van der Waals surface area (Å²) in [6, 6.07) is 5.69. The van der Waals surface area contributed by atoms with Crippen LogP contribution in [-0.2, 0) is 16.1 Å². The molecule has 1 aromatic heterocycles. The van der Waals surface area contributed by atoms with Crippen molar-refractivity contribution in [2.45, 2.75) is 39.7 Å². The Morgan fingerprint density at radius 1 is 1.21 bits per heavy atom. The number of hydrogen-bond acceptors (Lipinski definition) is 6. The highest BCUT2D eigenvalue weighted by Gasteiger charge is 2.21. The maximum atomic E-state index is 12.6. The number of rotatable bonds is 6. The average molecular weight is 385 g/mol. The second kappa shape index (κ2) is 9.01. The zero-order chi connectivity index (χ0) is 20.1. The van der Waals surface area contributed by atoms with Gasteiger partial charge in [-0.2, -0.15) is 0 Å². The van der Waals surface area contributed by atoms with Crippen LogP contribution in [0.3, 0.4) is 0 Å². The molecule has 7 heteroatoms. The van der Waals surface area contributed by atoms with Gasteiger partial charge in [-0.25, -0.2) is 4.98 Å². The Bertz CT molecular complexity index is 876. The first kappa shape index (κ1) is 20.1. The number of nitrogens with zero attached hydrogens (tertiary/aromatic N) is 2. The molecule has 1 aromatic carbocycles. The van der Waals surface area contributed by atoms with Gasteiger partial charge in [0.25, 0.3) is 5.91 Å². The number of benzene rings is 1. The smallest absolute Gasteiger partial charge is 0.325 e. The molecule has 2 aromatic rings. The number of fused-ring (bicyclic) bond motifs is 1. The Hall–Kier alpha value is -2.67. The van der Waals surface area contributed by atoms with Gasteiger partial charge in [-0.3, -0.25) is 14.5 Å². The van der Waals surface area contributed by atoms with E-state index in [-0.39, 0.29) is 24.6 Å². The van der Waals surface area contributed by atoms with Crippen LogP contribution >= 0.6 is 0 Å². The van der Waals surface area contributed by atoms with Crippen molar-refractivity contribution in [1.82, 2.24) is 15.2 Å². The Kier molecular flexibility index (Phi) is 6.46. The van der Waals surface area contributed by atoms with E-state index < -0.39 is 11.9 Å². The molecular formula is C21H27N3O4. The third-order valence-electron chi connectivity index (χ3n) is 4.95. The molecule has 0 spiro atoms. The van der Waals surface area contributed by atoms with Crippen LogP contribution in [0, 0.1) is 6.92 Å². The Labute approximate surface area is 164 Å². The Morgan fingerprint density at radius 3 is 2.68 bits per heavy atom. The number of aromatic hydroxyl groups is 1. The van der Waals surface area contributed by atoms with E-state index in [1.54, 1.807) is 6.92 Å². The number of amides is 1. The van der Waals surface area contributed by atoms with Gasteiger partial charge < -0.3 is 15.2 Å². The normalized spacial score (nSPS) is 14.8. The van der Waals surface area contributed by atoms with Crippen molar-refractivity contribution >= 4 is 22.6 Å². The predicted molar refractivity (Wildman–Crippen MR) is 106 cm³/mol. The van der Waals surface area contributed by atoms with E-state index in [1.165, 1.54) is 6.42 Å². The number of aryl methyl sites for hydroxylation is 1. The van der Waals surface area contributed by atoms with Crippen LogP contribution in [0.25, 0.3) is 10.8 Å². The van der Waals surface area contributed by atoms with Crippen molar-refractivity contribution in [3.8, 4) is 5.75 Å². The summed E-state index contributed by atoms with van der Waals surface area (Å²) < 4.78 is 4.82. The largest absolute Gasteiger partial charge is 0.505 e. The fraction of sp³-hybridized carbons (Fsp3) is 0.476. The van der Waals surface area contributed by atoms with E-state index in [1.807, 2.05) is 25.1 Å². The number of pyridine rings is 1. The predicted octanol–water partition coefficient (Wildman–Crippen LogP) is 2.53. The lowest BCUT2D eigenvalue weighted by Gasteiger charge is -2.26. The maximum Gasteiger partial charge on any atom is 0.325 e. The van der Waals surface area contributed by atoms with Gasteiger partial charge in [0.05, 0.1) is 12.3 Å². The summed E-state index contributed by atoms with van der Waals surface area (Å²) in [5.74, 6) is -1.29. The number of aromatic nitrogens is 1. The highest BCUT2D eigenvalue weighted by Crippen LogP contribution is 2.31. The quantitative estimate of drug-likeness (QED) is 0.743. The van der Waals surface area contributed by atoms with Crippen molar-refractivity contribution in [3.63, 3.8) is 0 Å². The summed E-state index contributed by atoms with van der Waals surface area (Å²) in [7, 11) is 0. The number of nitrogens with one attached hydrogen (secondary N) is 1. The second-order valence-corrected chi connectivity index (χ2v) is 7.13. The topological polar surface area (TPSA) is 91.8 Å². The molecule has 1 amide bonds.